The van der Waals surface area contributed by atoms with Crippen molar-refractivity contribution in [1.29, 1.82) is 0 Å². The topological polar surface area (TPSA) is 46.2 Å². The van der Waals surface area contributed by atoms with Gasteiger partial charge in [0.15, 0.2) is 0 Å². The number of hydrogen-bond donors (Lipinski definition) is 1. The van der Waals surface area contributed by atoms with Crippen molar-refractivity contribution in [3.05, 3.63) is 55.6 Å². The maximum Gasteiger partial charge on any atom is 0.234 e. The van der Waals surface area contributed by atoms with Crippen LogP contribution in [0.15, 0.2) is 40.2 Å². The Labute approximate surface area is 139 Å². The molecule has 1 aliphatic heterocycles. The van der Waals surface area contributed by atoms with Crippen LogP contribution in [0.2, 0.25) is 5.02 Å². The van der Waals surface area contributed by atoms with Gasteiger partial charge in [-0.2, -0.15) is 0 Å². The van der Waals surface area contributed by atoms with Crippen molar-refractivity contribution >= 4 is 50.7 Å². The summed E-state index contributed by atoms with van der Waals surface area (Å²) in [4.78, 5) is 25.1. The highest BCUT2D eigenvalue weighted by molar-refractivity contribution is 9.11. The summed E-state index contributed by atoms with van der Waals surface area (Å²) in [7, 11) is 0. The van der Waals surface area contributed by atoms with Crippen LogP contribution in [0.1, 0.15) is 28.7 Å². The summed E-state index contributed by atoms with van der Waals surface area (Å²) >= 11 is 11.0. The molecule has 3 rings (SSSR count). The number of rotatable bonds is 2. The van der Waals surface area contributed by atoms with Crippen LogP contribution in [-0.4, -0.2) is 11.8 Å². The summed E-state index contributed by atoms with van der Waals surface area (Å²) < 4.78 is 0.987. The zero-order valence-electron chi connectivity index (χ0n) is 10.8. The molecule has 6 heteroatoms. The zero-order valence-corrected chi connectivity index (χ0v) is 14.0. The van der Waals surface area contributed by atoms with Crippen LogP contribution < -0.4 is 5.32 Å². The number of piperidine rings is 1. The van der Waals surface area contributed by atoms with E-state index in [0.29, 0.717) is 11.4 Å². The number of carbonyl (C=O) groups is 2. The molecule has 2 atom stereocenters. The van der Waals surface area contributed by atoms with Gasteiger partial charge in [0.05, 0.1) is 9.70 Å². The molecule has 0 bridgehead atoms. The first kappa shape index (κ1) is 14.8. The van der Waals surface area contributed by atoms with Crippen molar-refractivity contribution in [1.82, 2.24) is 5.32 Å². The van der Waals surface area contributed by atoms with Crippen LogP contribution in [0.4, 0.5) is 0 Å². The molecule has 1 N–H and O–H groups in total. The molecule has 21 heavy (non-hydrogen) atoms. The standard InChI is InChI=1S/C15H11BrClNO2S/c16-12-5-4-11(21-12)10-7-13(19)18-15(20)14(10)8-2-1-3-9(17)6-8/h1-6,10,14H,7H2,(H,18,19,20). The highest BCUT2D eigenvalue weighted by Gasteiger charge is 2.38. The summed E-state index contributed by atoms with van der Waals surface area (Å²) in [5.74, 6) is -1.04. The molecule has 0 spiro atoms. The third kappa shape index (κ3) is 3.05. The van der Waals surface area contributed by atoms with Crippen molar-refractivity contribution in [2.24, 2.45) is 0 Å². The van der Waals surface area contributed by atoms with E-state index in [4.69, 9.17) is 11.6 Å². The summed E-state index contributed by atoms with van der Waals surface area (Å²) in [5, 5.41) is 3.01. The van der Waals surface area contributed by atoms with Crippen LogP contribution in [0, 0.1) is 0 Å². The Morgan fingerprint density at radius 3 is 2.71 bits per heavy atom. The molecule has 1 aromatic heterocycles. The van der Waals surface area contributed by atoms with Gasteiger partial charge in [0.2, 0.25) is 11.8 Å². The summed E-state index contributed by atoms with van der Waals surface area (Å²) in [6.07, 6.45) is 0.301. The molecule has 2 aromatic rings. The maximum atomic E-state index is 12.3. The molecular weight excluding hydrogens is 374 g/mol. The smallest absolute Gasteiger partial charge is 0.234 e. The first-order valence-electron chi connectivity index (χ1n) is 6.39. The van der Waals surface area contributed by atoms with E-state index in [0.717, 1.165) is 14.2 Å². The Balaban J connectivity index is 2.04. The lowest BCUT2D eigenvalue weighted by Crippen LogP contribution is -2.43. The van der Waals surface area contributed by atoms with Crippen molar-refractivity contribution in [3.63, 3.8) is 0 Å². The Morgan fingerprint density at radius 2 is 2.05 bits per heavy atom. The number of halogens is 2. The van der Waals surface area contributed by atoms with Crippen LogP contribution in [0.25, 0.3) is 0 Å². The molecule has 108 valence electrons. The van der Waals surface area contributed by atoms with Gasteiger partial charge >= 0.3 is 0 Å². The number of carbonyl (C=O) groups excluding carboxylic acids is 2. The van der Waals surface area contributed by atoms with Gasteiger partial charge in [0, 0.05) is 22.2 Å². The maximum absolute atomic E-state index is 12.3. The van der Waals surface area contributed by atoms with E-state index in [1.807, 2.05) is 24.3 Å². The molecule has 1 saturated heterocycles. The number of hydrogen-bond acceptors (Lipinski definition) is 3. The Hall–Kier alpha value is -1.17. The minimum absolute atomic E-state index is 0.152. The number of benzene rings is 1. The van der Waals surface area contributed by atoms with Gasteiger partial charge in [-0.25, -0.2) is 0 Å². The van der Waals surface area contributed by atoms with Crippen molar-refractivity contribution in [2.45, 2.75) is 18.3 Å². The van der Waals surface area contributed by atoms with Crippen LogP contribution in [0.5, 0.6) is 0 Å². The normalized spacial score (nSPS) is 22.2. The summed E-state index contributed by atoms with van der Waals surface area (Å²) in [6.45, 7) is 0. The van der Waals surface area contributed by atoms with Crippen molar-refractivity contribution in [2.75, 3.05) is 0 Å². The van der Waals surface area contributed by atoms with Crippen LogP contribution in [0.3, 0.4) is 0 Å². The lowest BCUT2D eigenvalue weighted by atomic mass is 9.79. The monoisotopic (exact) mass is 383 g/mol. The molecule has 0 aliphatic carbocycles. The quantitative estimate of drug-likeness (QED) is 0.793. The van der Waals surface area contributed by atoms with Gasteiger partial charge in [-0.3, -0.25) is 14.9 Å². The molecule has 1 aliphatic rings. The fraction of sp³-hybridized carbons (Fsp3) is 0.200. The van der Waals surface area contributed by atoms with E-state index < -0.39 is 5.92 Å². The largest absolute Gasteiger partial charge is 0.296 e. The average Bonchev–Trinajstić information content (AvgIpc) is 2.84. The molecule has 0 radical (unpaired) electrons. The van der Waals surface area contributed by atoms with Crippen molar-refractivity contribution < 1.29 is 9.59 Å². The molecule has 2 unspecified atom stereocenters. The molecule has 1 fully saturated rings. The zero-order chi connectivity index (χ0) is 15.0. The molecule has 3 nitrogen and oxygen atoms in total. The minimum Gasteiger partial charge on any atom is -0.296 e. The predicted octanol–water partition coefficient (Wildman–Crippen LogP) is 4.08. The molecule has 2 heterocycles. The number of amides is 2. The Morgan fingerprint density at radius 1 is 1.24 bits per heavy atom. The molecule has 1 aromatic carbocycles. The van der Waals surface area contributed by atoms with E-state index in [1.54, 1.807) is 23.5 Å². The lowest BCUT2D eigenvalue weighted by Gasteiger charge is -2.29. The third-order valence-electron chi connectivity index (χ3n) is 3.52. The van der Waals surface area contributed by atoms with Gasteiger partial charge in [0.25, 0.3) is 0 Å². The fourth-order valence-corrected chi connectivity index (χ4v) is 4.40. The van der Waals surface area contributed by atoms with Gasteiger partial charge < -0.3 is 0 Å². The minimum atomic E-state index is -0.396. The van der Waals surface area contributed by atoms with E-state index in [1.165, 1.54) is 0 Å². The van der Waals surface area contributed by atoms with Crippen LogP contribution >= 0.6 is 38.9 Å². The number of nitrogens with one attached hydrogen (secondary N) is 1. The van der Waals surface area contributed by atoms with E-state index in [2.05, 4.69) is 21.2 Å². The van der Waals surface area contributed by atoms with E-state index >= 15 is 0 Å². The summed E-state index contributed by atoms with van der Waals surface area (Å²) in [5.41, 5.74) is 0.835. The van der Waals surface area contributed by atoms with Gasteiger partial charge in [-0.15, -0.1) is 11.3 Å². The number of thiophene rings is 1. The first-order chi connectivity index (χ1) is 10.0. The third-order valence-corrected chi connectivity index (χ3v) is 5.51. The van der Waals surface area contributed by atoms with Crippen molar-refractivity contribution in [3.8, 4) is 0 Å². The second-order valence-electron chi connectivity index (χ2n) is 4.90. The second kappa shape index (κ2) is 5.91. The molecule has 2 amide bonds. The summed E-state index contributed by atoms with van der Waals surface area (Å²) in [6, 6.07) is 11.2. The second-order valence-corrected chi connectivity index (χ2v) is 7.83. The highest BCUT2D eigenvalue weighted by atomic mass is 79.9. The predicted molar refractivity (Wildman–Crippen MR) is 86.7 cm³/mol. The van der Waals surface area contributed by atoms with Gasteiger partial charge in [0.1, 0.15) is 0 Å². The van der Waals surface area contributed by atoms with E-state index in [-0.39, 0.29) is 17.7 Å². The molecular formula is C15H11BrClNO2S. The Bertz CT molecular complexity index is 715. The van der Waals surface area contributed by atoms with Gasteiger partial charge in [-0.1, -0.05) is 23.7 Å². The first-order valence-corrected chi connectivity index (χ1v) is 8.38. The fourth-order valence-electron chi connectivity index (χ4n) is 2.64. The average molecular weight is 385 g/mol. The van der Waals surface area contributed by atoms with Crippen LogP contribution in [-0.2, 0) is 9.59 Å². The SMILES string of the molecule is O=C1CC(c2ccc(Br)s2)C(c2cccc(Cl)c2)C(=O)N1. The Kier molecular flexibility index (Phi) is 4.15. The lowest BCUT2D eigenvalue weighted by molar-refractivity contribution is -0.135. The molecule has 0 saturated carbocycles. The highest BCUT2D eigenvalue weighted by Crippen LogP contribution is 2.42. The number of imide groups is 1. The van der Waals surface area contributed by atoms with E-state index in [9.17, 15) is 9.59 Å². The van der Waals surface area contributed by atoms with Gasteiger partial charge in [-0.05, 0) is 45.8 Å².